The van der Waals surface area contributed by atoms with Gasteiger partial charge in [0.05, 0.1) is 18.2 Å². The molecule has 0 amide bonds. The number of guanidine groups is 1. The molecule has 25 heavy (non-hydrogen) atoms. The lowest BCUT2D eigenvalue weighted by Crippen LogP contribution is -2.38. The topological polar surface area (TPSA) is 45.7 Å². The predicted molar refractivity (Wildman–Crippen MR) is 87.8 cm³/mol. The first kappa shape index (κ1) is 19.5. The molecule has 1 aliphatic rings. The lowest BCUT2D eigenvalue weighted by atomic mass is 10.1. The summed E-state index contributed by atoms with van der Waals surface area (Å²) in [5.74, 6) is -0.486. The van der Waals surface area contributed by atoms with E-state index in [-0.39, 0.29) is 18.2 Å². The van der Waals surface area contributed by atoms with Crippen LogP contribution in [-0.2, 0) is 17.5 Å². The maximum absolute atomic E-state index is 13.1. The number of nitrogens with one attached hydrogen (secondary N) is 2. The normalized spacial score (nSPS) is 18.4. The van der Waals surface area contributed by atoms with E-state index in [9.17, 15) is 17.6 Å². The molecule has 1 aliphatic heterocycles. The summed E-state index contributed by atoms with van der Waals surface area (Å²) < 4.78 is 57.7. The van der Waals surface area contributed by atoms with E-state index in [0.29, 0.717) is 25.1 Å². The number of rotatable bonds is 6. The molecule has 4 nitrogen and oxygen atoms in total. The van der Waals surface area contributed by atoms with Crippen molar-refractivity contribution in [2.75, 3.05) is 19.7 Å². The van der Waals surface area contributed by atoms with Gasteiger partial charge in [0.2, 0.25) is 0 Å². The lowest BCUT2D eigenvalue weighted by Gasteiger charge is -2.15. The van der Waals surface area contributed by atoms with E-state index >= 15 is 0 Å². The second kappa shape index (κ2) is 9.03. The van der Waals surface area contributed by atoms with Gasteiger partial charge in [-0.2, -0.15) is 13.2 Å². The van der Waals surface area contributed by atoms with Crippen molar-refractivity contribution in [3.63, 3.8) is 0 Å². The zero-order chi connectivity index (χ0) is 18.3. The van der Waals surface area contributed by atoms with Crippen molar-refractivity contribution in [3.8, 4) is 0 Å². The van der Waals surface area contributed by atoms with Crippen LogP contribution in [0, 0.1) is 5.82 Å². The van der Waals surface area contributed by atoms with Crippen molar-refractivity contribution in [3.05, 3.63) is 35.1 Å². The van der Waals surface area contributed by atoms with Crippen LogP contribution in [0.1, 0.15) is 37.3 Å². The van der Waals surface area contributed by atoms with Crippen molar-refractivity contribution in [1.29, 1.82) is 0 Å². The monoisotopic (exact) mass is 361 g/mol. The summed E-state index contributed by atoms with van der Waals surface area (Å²) in [7, 11) is 0. The molecule has 1 fully saturated rings. The highest BCUT2D eigenvalue weighted by atomic mass is 19.4. The first-order valence-electron chi connectivity index (χ1n) is 8.39. The molecule has 2 rings (SSSR count). The van der Waals surface area contributed by atoms with E-state index in [1.54, 1.807) is 0 Å². The quantitative estimate of drug-likeness (QED) is 0.463. The molecule has 0 aliphatic carbocycles. The van der Waals surface area contributed by atoms with Gasteiger partial charge >= 0.3 is 6.18 Å². The zero-order valence-corrected chi connectivity index (χ0v) is 14.1. The molecule has 8 heteroatoms. The Hall–Kier alpha value is -1.83. The highest BCUT2D eigenvalue weighted by Gasteiger charge is 2.33. The van der Waals surface area contributed by atoms with Gasteiger partial charge in [0.1, 0.15) is 5.82 Å². The van der Waals surface area contributed by atoms with Gasteiger partial charge in [-0.25, -0.2) is 9.38 Å². The summed E-state index contributed by atoms with van der Waals surface area (Å²) in [6, 6.07) is 2.64. The van der Waals surface area contributed by atoms with Crippen molar-refractivity contribution >= 4 is 5.96 Å². The van der Waals surface area contributed by atoms with E-state index in [2.05, 4.69) is 15.6 Å². The number of aliphatic imine (C=N–C) groups is 1. The molecule has 0 radical (unpaired) electrons. The Morgan fingerprint density at radius 2 is 2.12 bits per heavy atom. The van der Waals surface area contributed by atoms with Crippen LogP contribution in [0.3, 0.4) is 0 Å². The Morgan fingerprint density at radius 3 is 2.76 bits per heavy atom. The van der Waals surface area contributed by atoms with E-state index in [1.165, 1.54) is 0 Å². The van der Waals surface area contributed by atoms with E-state index in [0.717, 1.165) is 38.0 Å². The number of halogens is 4. The molecule has 1 heterocycles. The Morgan fingerprint density at radius 1 is 1.32 bits per heavy atom. The molecule has 0 saturated carbocycles. The van der Waals surface area contributed by atoms with Crippen LogP contribution in [0.4, 0.5) is 17.6 Å². The Balaban J connectivity index is 2.00. The van der Waals surface area contributed by atoms with Gasteiger partial charge in [-0.15, -0.1) is 0 Å². The number of alkyl halides is 3. The van der Waals surface area contributed by atoms with Crippen molar-refractivity contribution in [1.82, 2.24) is 10.6 Å². The van der Waals surface area contributed by atoms with Crippen molar-refractivity contribution in [2.45, 2.75) is 45.0 Å². The molecule has 1 atom stereocenters. The summed E-state index contributed by atoms with van der Waals surface area (Å²) in [6.45, 7) is 3.66. The van der Waals surface area contributed by atoms with Gasteiger partial charge in [0, 0.05) is 19.7 Å². The number of hydrogen-bond acceptors (Lipinski definition) is 2. The summed E-state index contributed by atoms with van der Waals surface area (Å²) in [5.41, 5.74) is -1.06. The van der Waals surface area contributed by atoms with Gasteiger partial charge in [-0.1, -0.05) is 6.07 Å². The van der Waals surface area contributed by atoms with E-state index in [1.807, 2.05) is 6.92 Å². The van der Waals surface area contributed by atoms with Crippen LogP contribution < -0.4 is 10.6 Å². The molecular weight excluding hydrogens is 338 g/mol. The maximum atomic E-state index is 13.1. The van der Waals surface area contributed by atoms with Crippen LogP contribution in [0.5, 0.6) is 0 Å². The smallest absolute Gasteiger partial charge is 0.378 e. The number of nitrogens with zero attached hydrogens (tertiary/aromatic N) is 1. The fourth-order valence-corrected chi connectivity index (χ4v) is 2.68. The summed E-state index contributed by atoms with van der Waals surface area (Å²) >= 11 is 0. The van der Waals surface area contributed by atoms with Gasteiger partial charge in [-0.05, 0) is 43.9 Å². The van der Waals surface area contributed by atoms with Gasteiger partial charge < -0.3 is 15.4 Å². The third-order valence-corrected chi connectivity index (χ3v) is 3.91. The Kier molecular flexibility index (Phi) is 7.04. The largest absolute Gasteiger partial charge is 0.416 e. The summed E-state index contributed by atoms with van der Waals surface area (Å²) in [4.78, 5) is 4.18. The maximum Gasteiger partial charge on any atom is 0.416 e. The first-order valence-corrected chi connectivity index (χ1v) is 8.39. The highest BCUT2D eigenvalue weighted by molar-refractivity contribution is 5.79. The third-order valence-electron chi connectivity index (χ3n) is 3.91. The summed E-state index contributed by atoms with van der Waals surface area (Å²) in [5, 5.41) is 6.08. The number of hydrogen-bond donors (Lipinski definition) is 2. The fraction of sp³-hybridized carbons (Fsp3) is 0.588. The van der Waals surface area contributed by atoms with E-state index < -0.39 is 17.6 Å². The van der Waals surface area contributed by atoms with Crippen molar-refractivity contribution < 1.29 is 22.3 Å². The minimum Gasteiger partial charge on any atom is -0.378 e. The third kappa shape index (κ3) is 6.19. The van der Waals surface area contributed by atoms with Gasteiger partial charge in [0.25, 0.3) is 0 Å². The Labute approximate surface area is 144 Å². The standard InChI is InChI=1S/C17H23F4N3O/c1-2-22-16(23-8-7-14-4-3-9-25-14)24-11-12-5-6-13(18)10-15(12)17(19,20)21/h5-6,10,14H,2-4,7-9,11H2,1H3,(H2,22,23,24). The predicted octanol–water partition coefficient (Wildman–Crippen LogP) is 3.47. The molecule has 1 unspecified atom stereocenters. The fourth-order valence-electron chi connectivity index (χ4n) is 2.68. The molecule has 0 bridgehead atoms. The molecule has 2 N–H and O–H groups in total. The molecule has 1 aromatic carbocycles. The molecular formula is C17H23F4N3O. The Bertz CT molecular complexity index is 584. The second-order valence-electron chi connectivity index (χ2n) is 5.84. The SMILES string of the molecule is CCNC(=NCc1ccc(F)cc1C(F)(F)F)NCCC1CCCO1. The highest BCUT2D eigenvalue weighted by Crippen LogP contribution is 2.32. The lowest BCUT2D eigenvalue weighted by molar-refractivity contribution is -0.138. The first-order chi connectivity index (χ1) is 11.9. The molecule has 1 saturated heterocycles. The van der Waals surface area contributed by atoms with Crippen LogP contribution in [0.25, 0.3) is 0 Å². The van der Waals surface area contributed by atoms with E-state index in [4.69, 9.17) is 4.74 Å². The average molecular weight is 361 g/mol. The van der Waals surface area contributed by atoms with Crippen LogP contribution in [0.2, 0.25) is 0 Å². The second-order valence-corrected chi connectivity index (χ2v) is 5.84. The minimum absolute atomic E-state index is 0.0646. The molecule has 0 spiro atoms. The van der Waals surface area contributed by atoms with Crippen LogP contribution >= 0.6 is 0 Å². The molecule has 140 valence electrons. The van der Waals surface area contributed by atoms with Gasteiger partial charge in [0.15, 0.2) is 5.96 Å². The summed E-state index contributed by atoms with van der Waals surface area (Å²) in [6.07, 6.45) is -1.49. The molecule has 1 aromatic rings. The van der Waals surface area contributed by atoms with Crippen LogP contribution in [0.15, 0.2) is 23.2 Å². The average Bonchev–Trinajstić information content (AvgIpc) is 3.06. The minimum atomic E-state index is -4.61. The number of ether oxygens (including phenoxy) is 1. The van der Waals surface area contributed by atoms with Crippen molar-refractivity contribution in [2.24, 2.45) is 4.99 Å². The number of benzene rings is 1. The van der Waals surface area contributed by atoms with Crippen LogP contribution in [-0.4, -0.2) is 31.8 Å². The molecule has 0 aromatic heterocycles. The zero-order valence-electron chi connectivity index (χ0n) is 14.1. The van der Waals surface area contributed by atoms with Gasteiger partial charge in [-0.3, -0.25) is 0 Å².